The van der Waals surface area contributed by atoms with Crippen LogP contribution >= 0.6 is 0 Å². The first kappa shape index (κ1) is 20.0. The Morgan fingerprint density at radius 3 is 2.72 bits per heavy atom. The molecule has 7 heteroatoms. The molecule has 1 aliphatic heterocycles. The lowest BCUT2D eigenvalue weighted by Crippen LogP contribution is -2.48. The zero-order valence-electron chi connectivity index (χ0n) is 16.1. The Balaban J connectivity index is 1.83. The molecule has 25 heavy (non-hydrogen) atoms. The van der Waals surface area contributed by atoms with Gasteiger partial charge in [0.2, 0.25) is 5.91 Å². The summed E-state index contributed by atoms with van der Waals surface area (Å²) < 4.78 is 5.38. The summed E-state index contributed by atoms with van der Waals surface area (Å²) >= 11 is 0. The number of aliphatic imine (C=N–C) groups is 1. The molecular formula is C18H35N5O2. The van der Waals surface area contributed by atoms with Gasteiger partial charge in [-0.25, -0.2) is 4.99 Å². The third-order valence-corrected chi connectivity index (χ3v) is 4.97. The first-order chi connectivity index (χ1) is 12.0. The van der Waals surface area contributed by atoms with Crippen LogP contribution in [0.4, 0.5) is 0 Å². The number of nitrogens with zero attached hydrogens (tertiary/aromatic N) is 3. The average molecular weight is 354 g/mol. The summed E-state index contributed by atoms with van der Waals surface area (Å²) in [7, 11) is 3.53. The molecule has 1 heterocycles. The highest BCUT2D eigenvalue weighted by molar-refractivity contribution is 5.84. The fourth-order valence-corrected chi connectivity index (χ4v) is 3.36. The van der Waals surface area contributed by atoms with Crippen LogP contribution in [0.5, 0.6) is 0 Å². The Hall–Kier alpha value is -1.34. The van der Waals surface area contributed by atoms with Crippen LogP contribution in [-0.4, -0.2) is 87.7 Å². The van der Waals surface area contributed by atoms with Crippen molar-refractivity contribution >= 4 is 11.9 Å². The van der Waals surface area contributed by atoms with E-state index in [4.69, 9.17) is 4.74 Å². The topological polar surface area (TPSA) is 69.2 Å². The van der Waals surface area contributed by atoms with Crippen LogP contribution in [0.1, 0.15) is 32.6 Å². The molecule has 2 aliphatic rings. The predicted molar refractivity (Wildman–Crippen MR) is 101 cm³/mol. The van der Waals surface area contributed by atoms with Crippen LogP contribution in [0.15, 0.2) is 4.99 Å². The highest BCUT2D eigenvalue weighted by atomic mass is 16.5. The Morgan fingerprint density at radius 1 is 1.28 bits per heavy atom. The summed E-state index contributed by atoms with van der Waals surface area (Å²) in [6.07, 6.45) is 4.92. The minimum atomic E-state index is 0.0197. The fourth-order valence-electron chi connectivity index (χ4n) is 3.36. The van der Waals surface area contributed by atoms with Gasteiger partial charge in [0, 0.05) is 46.3 Å². The van der Waals surface area contributed by atoms with Gasteiger partial charge in [-0.2, -0.15) is 0 Å². The lowest BCUT2D eigenvalue weighted by Gasteiger charge is -2.30. The van der Waals surface area contributed by atoms with Crippen LogP contribution in [0.25, 0.3) is 0 Å². The molecule has 0 aromatic heterocycles. The molecule has 2 atom stereocenters. The van der Waals surface area contributed by atoms with Gasteiger partial charge in [0.1, 0.15) is 6.54 Å². The van der Waals surface area contributed by atoms with Gasteiger partial charge in [-0.1, -0.05) is 19.8 Å². The van der Waals surface area contributed by atoms with E-state index in [1.54, 1.807) is 19.0 Å². The highest BCUT2D eigenvalue weighted by Gasteiger charge is 2.20. The molecule has 2 N–H and O–H groups in total. The molecule has 144 valence electrons. The maximum Gasteiger partial charge on any atom is 0.243 e. The second kappa shape index (κ2) is 10.6. The molecule has 1 aliphatic carbocycles. The minimum Gasteiger partial charge on any atom is -0.379 e. The molecule has 1 saturated carbocycles. The van der Waals surface area contributed by atoms with Crippen molar-refractivity contribution < 1.29 is 9.53 Å². The third kappa shape index (κ3) is 7.61. The Kier molecular flexibility index (Phi) is 8.48. The summed E-state index contributed by atoms with van der Waals surface area (Å²) in [6.45, 7) is 7.89. The van der Waals surface area contributed by atoms with Crippen molar-refractivity contribution in [3.63, 3.8) is 0 Å². The SMILES string of the molecule is CC1CCCC(NC(=NCC(=O)N(C)C)NCCN2CCOCC2)C1. The molecule has 0 aromatic rings. The first-order valence-electron chi connectivity index (χ1n) is 9.59. The van der Waals surface area contributed by atoms with E-state index in [0.717, 1.165) is 51.3 Å². The quantitative estimate of drug-likeness (QED) is 0.538. The van der Waals surface area contributed by atoms with E-state index >= 15 is 0 Å². The summed E-state index contributed by atoms with van der Waals surface area (Å²) in [5.41, 5.74) is 0. The van der Waals surface area contributed by atoms with Gasteiger partial charge in [-0.3, -0.25) is 9.69 Å². The Bertz CT molecular complexity index is 435. The third-order valence-electron chi connectivity index (χ3n) is 4.97. The maximum atomic E-state index is 11.9. The number of guanidine groups is 1. The maximum absolute atomic E-state index is 11.9. The molecule has 1 saturated heterocycles. The molecular weight excluding hydrogens is 318 g/mol. The van der Waals surface area contributed by atoms with Crippen molar-refractivity contribution in [2.75, 3.05) is 60.0 Å². The van der Waals surface area contributed by atoms with E-state index in [-0.39, 0.29) is 12.5 Å². The van der Waals surface area contributed by atoms with E-state index < -0.39 is 0 Å². The normalized spacial score (nSPS) is 25.5. The van der Waals surface area contributed by atoms with Crippen LogP contribution in [0.3, 0.4) is 0 Å². The van der Waals surface area contributed by atoms with Crippen molar-refractivity contribution in [3.8, 4) is 0 Å². The lowest BCUT2D eigenvalue weighted by atomic mass is 9.87. The zero-order chi connectivity index (χ0) is 18.1. The highest BCUT2D eigenvalue weighted by Crippen LogP contribution is 2.23. The second-order valence-corrected chi connectivity index (χ2v) is 7.45. The molecule has 2 unspecified atom stereocenters. The van der Waals surface area contributed by atoms with Crippen molar-refractivity contribution in [2.24, 2.45) is 10.9 Å². The molecule has 7 nitrogen and oxygen atoms in total. The largest absolute Gasteiger partial charge is 0.379 e. The molecule has 0 spiro atoms. The number of carbonyl (C=O) groups is 1. The number of amides is 1. The smallest absolute Gasteiger partial charge is 0.243 e. The number of hydrogen-bond acceptors (Lipinski definition) is 4. The molecule has 0 bridgehead atoms. The molecule has 0 aromatic carbocycles. The molecule has 2 rings (SSSR count). The number of nitrogens with one attached hydrogen (secondary N) is 2. The fraction of sp³-hybridized carbons (Fsp3) is 0.889. The monoisotopic (exact) mass is 353 g/mol. The zero-order valence-corrected chi connectivity index (χ0v) is 16.1. The molecule has 2 fully saturated rings. The minimum absolute atomic E-state index is 0.0197. The number of hydrogen-bond donors (Lipinski definition) is 2. The van der Waals surface area contributed by atoms with E-state index in [1.165, 1.54) is 25.7 Å². The van der Waals surface area contributed by atoms with Gasteiger partial charge < -0.3 is 20.3 Å². The standard InChI is InChI=1S/C18H35N5O2/c1-15-5-4-6-16(13-15)21-18(20-14-17(24)22(2)3)19-7-8-23-9-11-25-12-10-23/h15-16H,4-14H2,1-3H3,(H2,19,20,21). The Labute approximate surface area is 152 Å². The van der Waals surface area contributed by atoms with Crippen molar-refractivity contribution in [2.45, 2.75) is 38.6 Å². The van der Waals surface area contributed by atoms with Gasteiger partial charge in [-0.15, -0.1) is 0 Å². The van der Waals surface area contributed by atoms with Gasteiger partial charge in [-0.05, 0) is 18.8 Å². The van der Waals surface area contributed by atoms with E-state index in [2.05, 4.69) is 27.4 Å². The van der Waals surface area contributed by atoms with Gasteiger partial charge in [0.15, 0.2) is 5.96 Å². The van der Waals surface area contributed by atoms with Crippen LogP contribution in [0.2, 0.25) is 0 Å². The number of carbonyl (C=O) groups excluding carboxylic acids is 1. The van der Waals surface area contributed by atoms with Crippen molar-refractivity contribution in [1.29, 1.82) is 0 Å². The van der Waals surface area contributed by atoms with Crippen molar-refractivity contribution in [3.05, 3.63) is 0 Å². The summed E-state index contributed by atoms with van der Waals surface area (Å²) in [5.74, 6) is 1.54. The summed E-state index contributed by atoms with van der Waals surface area (Å²) in [4.78, 5) is 20.3. The van der Waals surface area contributed by atoms with Crippen molar-refractivity contribution in [1.82, 2.24) is 20.4 Å². The van der Waals surface area contributed by atoms with E-state index in [9.17, 15) is 4.79 Å². The summed E-state index contributed by atoms with van der Waals surface area (Å²) in [6, 6.07) is 0.452. The number of ether oxygens (including phenoxy) is 1. The predicted octanol–water partition coefficient (Wildman–Crippen LogP) is 0.521. The number of likely N-dealkylation sites (N-methyl/N-ethyl adjacent to an activating group) is 1. The van der Waals surface area contributed by atoms with E-state index in [1.807, 2.05) is 0 Å². The first-order valence-corrected chi connectivity index (χ1v) is 9.59. The van der Waals surface area contributed by atoms with Crippen LogP contribution < -0.4 is 10.6 Å². The van der Waals surface area contributed by atoms with Gasteiger partial charge >= 0.3 is 0 Å². The van der Waals surface area contributed by atoms with E-state index in [0.29, 0.717) is 6.04 Å². The Morgan fingerprint density at radius 2 is 2.04 bits per heavy atom. The molecule has 0 radical (unpaired) electrons. The van der Waals surface area contributed by atoms with Gasteiger partial charge in [0.25, 0.3) is 0 Å². The molecule has 1 amide bonds. The average Bonchev–Trinajstić information content (AvgIpc) is 2.60. The summed E-state index contributed by atoms with van der Waals surface area (Å²) in [5, 5.41) is 6.95. The van der Waals surface area contributed by atoms with Gasteiger partial charge in [0.05, 0.1) is 13.2 Å². The van der Waals surface area contributed by atoms with Crippen LogP contribution in [0, 0.1) is 5.92 Å². The number of rotatable bonds is 6. The second-order valence-electron chi connectivity index (χ2n) is 7.45. The van der Waals surface area contributed by atoms with Crippen LogP contribution in [-0.2, 0) is 9.53 Å². The number of morpholine rings is 1. The lowest BCUT2D eigenvalue weighted by molar-refractivity contribution is -0.127.